The van der Waals surface area contributed by atoms with Crippen molar-refractivity contribution in [2.24, 2.45) is 0 Å². The summed E-state index contributed by atoms with van der Waals surface area (Å²) in [6.07, 6.45) is 0. The molecule has 2 nitrogen and oxygen atoms in total. The number of phenolic OH excluding ortho intramolecular Hbond substituents is 1. The van der Waals surface area contributed by atoms with Crippen molar-refractivity contribution in [3.8, 4) is 5.75 Å². The molecule has 0 bridgehead atoms. The van der Waals surface area contributed by atoms with Crippen molar-refractivity contribution >= 4 is 29.0 Å². The van der Waals surface area contributed by atoms with Gasteiger partial charge in [-0.15, -0.1) is 0 Å². The highest BCUT2D eigenvalue weighted by atomic mass is 35.5. The van der Waals surface area contributed by atoms with Crippen LogP contribution < -0.4 is 0 Å². The van der Waals surface area contributed by atoms with E-state index in [1.165, 1.54) is 6.07 Å². The highest BCUT2D eigenvalue weighted by Crippen LogP contribution is 2.30. The Balaban J connectivity index is 2.58. The summed E-state index contributed by atoms with van der Waals surface area (Å²) in [5.41, 5.74) is 1.28. The summed E-state index contributed by atoms with van der Waals surface area (Å²) in [5.74, 6) is -0.464. The van der Waals surface area contributed by atoms with Gasteiger partial charge < -0.3 is 5.11 Å². The summed E-state index contributed by atoms with van der Waals surface area (Å²) in [7, 11) is 0. The normalized spacial score (nSPS) is 10.4. The molecule has 0 aromatic heterocycles. The quantitative estimate of drug-likeness (QED) is 0.836. The fraction of sp³-hybridized carbons (Fsp3) is 0.0714. The summed E-state index contributed by atoms with van der Waals surface area (Å²) in [6, 6.07) is 9.66. The topological polar surface area (TPSA) is 37.3 Å². The molecule has 18 heavy (non-hydrogen) atoms. The molecule has 0 aliphatic carbocycles. The molecule has 0 radical (unpaired) electrons. The Bertz CT molecular complexity index is 601. The zero-order valence-electron chi connectivity index (χ0n) is 9.58. The number of hydrogen-bond acceptors (Lipinski definition) is 2. The number of hydrogen-bond donors (Lipinski definition) is 1. The Kier molecular flexibility index (Phi) is 3.60. The van der Waals surface area contributed by atoms with Gasteiger partial charge in [-0.1, -0.05) is 40.9 Å². The van der Waals surface area contributed by atoms with E-state index in [9.17, 15) is 9.90 Å². The summed E-state index contributed by atoms with van der Waals surface area (Å²) < 4.78 is 0. The first-order chi connectivity index (χ1) is 8.50. The maximum atomic E-state index is 12.3. The first-order valence-corrected chi connectivity index (χ1v) is 6.04. The number of aromatic hydroxyl groups is 1. The molecular weight excluding hydrogens is 271 g/mol. The molecular formula is C14H10Cl2O2. The van der Waals surface area contributed by atoms with Gasteiger partial charge in [0.2, 0.25) is 0 Å². The van der Waals surface area contributed by atoms with Gasteiger partial charge in [0.05, 0.1) is 21.2 Å². The van der Waals surface area contributed by atoms with E-state index >= 15 is 0 Å². The minimum Gasteiger partial charge on any atom is -0.507 e. The fourth-order valence-electron chi connectivity index (χ4n) is 1.68. The molecule has 0 heterocycles. The molecule has 0 saturated carbocycles. The Labute approximate surface area is 115 Å². The number of rotatable bonds is 2. The van der Waals surface area contributed by atoms with Crippen LogP contribution in [0.2, 0.25) is 10.0 Å². The number of phenols is 1. The SMILES string of the molecule is Cc1ccc(O)c(C(=O)c2c(Cl)cccc2Cl)c1. The molecule has 0 saturated heterocycles. The minimum atomic E-state index is -0.383. The highest BCUT2D eigenvalue weighted by molar-refractivity contribution is 6.41. The van der Waals surface area contributed by atoms with E-state index in [0.717, 1.165) is 5.56 Å². The molecule has 0 fully saturated rings. The van der Waals surface area contributed by atoms with E-state index in [1.54, 1.807) is 30.3 Å². The predicted molar refractivity (Wildman–Crippen MR) is 72.7 cm³/mol. The molecule has 0 spiro atoms. The summed E-state index contributed by atoms with van der Waals surface area (Å²) in [4.78, 5) is 12.3. The van der Waals surface area contributed by atoms with E-state index in [1.807, 2.05) is 6.92 Å². The number of carbonyl (C=O) groups is 1. The maximum Gasteiger partial charge on any atom is 0.199 e. The number of benzene rings is 2. The van der Waals surface area contributed by atoms with Gasteiger partial charge in [0, 0.05) is 0 Å². The van der Waals surface area contributed by atoms with Crippen molar-refractivity contribution in [1.29, 1.82) is 0 Å². The van der Waals surface area contributed by atoms with Gasteiger partial charge in [-0.05, 0) is 31.2 Å². The second kappa shape index (κ2) is 5.01. The van der Waals surface area contributed by atoms with Crippen LogP contribution in [0.4, 0.5) is 0 Å². The minimum absolute atomic E-state index is 0.0819. The van der Waals surface area contributed by atoms with Crippen molar-refractivity contribution in [3.63, 3.8) is 0 Å². The Morgan fingerprint density at radius 2 is 1.72 bits per heavy atom. The van der Waals surface area contributed by atoms with Crippen molar-refractivity contribution in [2.45, 2.75) is 6.92 Å². The average Bonchev–Trinajstić information content (AvgIpc) is 2.32. The molecule has 2 aromatic carbocycles. The van der Waals surface area contributed by atoms with Crippen LogP contribution in [0, 0.1) is 6.92 Å². The largest absolute Gasteiger partial charge is 0.507 e. The van der Waals surface area contributed by atoms with Crippen LogP contribution in [-0.2, 0) is 0 Å². The lowest BCUT2D eigenvalue weighted by Crippen LogP contribution is -2.04. The van der Waals surface area contributed by atoms with Crippen LogP contribution in [-0.4, -0.2) is 10.9 Å². The van der Waals surface area contributed by atoms with Crippen molar-refractivity contribution in [3.05, 3.63) is 63.1 Å². The lowest BCUT2D eigenvalue weighted by Gasteiger charge is -2.08. The molecule has 1 N–H and O–H groups in total. The van der Waals surface area contributed by atoms with Gasteiger partial charge in [-0.25, -0.2) is 0 Å². The van der Waals surface area contributed by atoms with E-state index in [4.69, 9.17) is 23.2 Å². The first kappa shape index (κ1) is 12.9. The molecule has 0 amide bonds. The third-order valence-electron chi connectivity index (χ3n) is 2.59. The molecule has 2 aromatic rings. The molecule has 0 unspecified atom stereocenters. The molecule has 0 aliphatic heterocycles. The van der Waals surface area contributed by atoms with Gasteiger partial charge in [0.25, 0.3) is 0 Å². The van der Waals surface area contributed by atoms with Crippen LogP contribution in [0.5, 0.6) is 5.75 Å². The maximum absolute atomic E-state index is 12.3. The third kappa shape index (κ3) is 2.35. The summed E-state index contributed by atoms with van der Waals surface area (Å²) in [6.45, 7) is 1.84. The highest BCUT2D eigenvalue weighted by Gasteiger charge is 2.19. The fourth-order valence-corrected chi connectivity index (χ4v) is 2.25. The second-order valence-electron chi connectivity index (χ2n) is 3.95. The number of halogens is 2. The zero-order valence-corrected chi connectivity index (χ0v) is 11.1. The number of ketones is 1. The van der Waals surface area contributed by atoms with Gasteiger partial charge in [-0.2, -0.15) is 0 Å². The summed E-state index contributed by atoms with van der Waals surface area (Å²) in [5, 5.41) is 10.3. The number of aryl methyl sites for hydroxylation is 1. The zero-order chi connectivity index (χ0) is 13.3. The Hall–Kier alpha value is -1.51. The van der Waals surface area contributed by atoms with Crippen LogP contribution in [0.1, 0.15) is 21.5 Å². The lowest BCUT2D eigenvalue weighted by molar-refractivity contribution is 0.103. The standard InChI is InChI=1S/C14H10Cl2O2/c1-8-5-6-12(17)9(7-8)14(18)13-10(15)3-2-4-11(13)16/h2-7,17H,1H3. The van der Waals surface area contributed by atoms with E-state index in [2.05, 4.69) is 0 Å². The van der Waals surface area contributed by atoms with Gasteiger partial charge in [0.1, 0.15) is 5.75 Å². The van der Waals surface area contributed by atoms with Crippen LogP contribution >= 0.6 is 23.2 Å². The number of carbonyl (C=O) groups excluding carboxylic acids is 1. The van der Waals surface area contributed by atoms with E-state index in [-0.39, 0.29) is 32.7 Å². The smallest absolute Gasteiger partial charge is 0.199 e. The van der Waals surface area contributed by atoms with Gasteiger partial charge in [0.15, 0.2) is 5.78 Å². The van der Waals surface area contributed by atoms with E-state index < -0.39 is 0 Å². The summed E-state index contributed by atoms with van der Waals surface area (Å²) >= 11 is 12.0. The molecule has 0 aliphatic rings. The molecule has 92 valence electrons. The van der Waals surface area contributed by atoms with Gasteiger partial charge in [-0.3, -0.25) is 4.79 Å². The van der Waals surface area contributed by atoms with Crippen molar-refractivity contribution < 1.29 is 9.90 Å². The van der Waals surface area contributed by atoms with Crippen molar-refractivity contribution in [2.75, 3.05) is 0 Å². The van der Waals surface area contributed by atoms with Gasteiger partial charge >= 0.3 is 0 Å². The predicted octanol–water partition coefficient (Wildman–Crippen LogP) is 4.24. The first-order valence-electron chi connectivity index (χ1n) is 5.29. The third-order valence-corrected chi connectivity index (χ3v) is 3.22. The van der Waals surface area contributed by atoms with Crippen LogP contribution in [0.3, 0.4) is 0 Å². The molecule has 2 rings (SSSR count). The molecule has 4 heteroatoms. The van der Waals surface area contributed by atoms with Crippen LogP contribution in [0.15, 0.2) is 36.4 Å². The van der Waals surface area contributed by atoms with E-state index in [0.29, 0.717) is 0 Å². The lowest BCUT2D eigenvalue weighted by atomic mass is 10.0. The van der Waals surface area contributed by atoms with Crippen LogP contribution in [0.25, 0.3) is 0 Å². The second-order valence-corrected chi connectivity index (χ2v) is 4.76. The molecule has 0 atom stereocenters. The Morgan fingerprint density at radius 3 is 2.33 bits per heavy atom. The monoisotopic (exact) mass is 280 g/mol. The Morgan fingerprint density at radius 1 is 1.11 bits per heavy atom. The average molecular weight is 281 g/mol. The van der Waals surface area contributed by atoms with Crippen molar-refractivity contribution in [1.82, 2.24) is 0 Å².